The van der Waals surface area contributed by atoms with E-state index in [1.165, 1.54) is 12.8 Å². The van der Waals surface area contributed by atoms with Gasteiger partial charge in [0.15, 0.2) is 0 Å². The summed E-state index contributed by atoms with van der Waals surface area (Å²) in [6, 6.07) is 0.0466. The Kier molecular flexibility index (Phi) is 9.33. The van der Waals surface area contributed by atoms with E-state index in [1.807, 2.05) is 13.8 Å². The van der Waals surface area contributed by atoms with Crippen LogP contribution in [0, 0.1) is 5.92 Å². The van der Waals surface area contributed by atoms with Gasteiger partial charge in [-0.2, -0.15) is 0 Å². The van der Waals surface area contributed by atoms with Gasteiger partial charge in [-0.25, -0.2) is 0 Å². The first-order chi connectivity index (χ1) is 8.54. The number of hydrogen-bond donors (Lipinski definition) is 2. The Morgan fingerprint density at radius 2 is 1.72 bits per heavy atom. The molecule has 4 heteroatoms. The molecule has 0 saturated heterocycles. The Morgan fingerprint density at radius 3 is 2.22 bits per heavy atom. The van der Waals surface area contributed by atoms with E-state index in [0.717, 1.165) is 19.3 Å². The van der Waals surface area contributed by atoms with E-state index in [-0.39, 0.29) is 6.04 Å². The Bertz CT molecular complexity index is 254. The zero-order chi connectivity index (χ0) is 14.0. The number of unbranched alkanes of at least 4 members (excludes halogenated alkanes) is 1. The van der Waals surface area contributed by atoms with Crippen LogP contribution >= 0.6 is 0 Å². The summed E-state index contributed by atoms with van der Waals surface area (Å²) < 4.78 is 0. The van der Waals surface area contributed by atoms with Crippen LogP contribution in [0.3, 0.4) is 0 Å². The Morgan fingerprint density at radius 1 is 1.06 bits per heavy atom. The third-order valence-electron chi connectivity index (χ3n) is 3.29. The average molecular weight is 256 g/mol. The van der Waals surface area contributed by atoms with Gasteiger partial charge in [0.05, 0.1) is 0 Å². The van der Waals surface area contributed by atoms with Crippen LogP contribution in [-0.2, 0) is 9.59 Å². The second-order valence-corrected chi connectivity index (χ2v) is 4.91. The molecule has 0 aromatic rings. The predicted octanol–water partition coefficient (Wildman–Crippen LogP) is 2.23. The fraction of sp³-hybridized carbons (Fsp3) is 0.857. The molecule has 2 amide bonds. The number of carbonyl (C=O) groups excluding carboxylic acids is 2. The third-order valence-corrected chi connectivity index (χ3v) is 3.29. The van der Waals surface area contributed by atoms with E-state index in [0.29, 0.717) is 12.5 Å². The van der Waals surface area contributed by atoms with Gasteiger partial charge in [0.25, 0.3) is 0 Å². The summed E-state index contributed by atoms with van der Waals surface area (Å²) in [5.74, 6) is -0.551. The quantitative estimate of drug-likeness (QED) is 0.654. The molecule has 0 saturated carbocycles. The SMILES string of the molecule is CCCC[C@H](CC)CNC(=O)C(=O)N[C@H](C)CC. The monoisotopic (exact) mass is 256 g/mol. The van der Waals surface area contributed by atoms with Gasteiger partial charge in [0.1, 0.15) is 0 Å². The molecule has 106 valence electrons. The number of carbonyl (C=O) groups is 2. The Labute approximate surface area is 111 Å². The summed E-state index contributed by atoms with van der Waals surface area (Å²) in [5, 5.41) is 5.38. The first-order valence-corrected chi connectivity index (χ1v) is 7.13. The van der Waals surface area contributed by atoms with Crippen molar-refractivity contribution in [3.05, 3.63) is 0 Å². The van der Waals surface area contributed by atoms with Crippen LogP contribution < -0.4 is 10.6 Å². The lowest BCUT2D eigenvalue weighted by atomic mass is 9.99. The fourth-order valence-electron chi connectivity index (χ4n) is 1.65. The van der Waals surface area contributed by atoms with Crippen molar-refractivity contribution in [2.24, 2.45) is 5.92 Å². The van der Waals surface area contributed by atoms with Gasteiger partial charge >= 0.3 is 11.8 Å². The van der Waals surface area contributed by atoms with Crippen molar-refractivity contribution in [3.8, 4) is 0 Å². The summed E-state index contributed by atoms with van der Waals surface area (Å²) in [6.07, 6.45) is 5.31. The molecular formula is C14H28N2O2. The van der Waals surface area contributed by atoms with Crippen molar-refractivity contribution in [1.29, 1.82) is 0 Å². The molecule has 0 aromatic heterocycles. The van der Waals surface area contributed by atoms with Crippen molar-refractivity contribution in [1.82, 2.24) is 10.6 Å². The van der Waals surface area contributed by atoms with Crippen molar-refractivity contribution in [3.63, 3.8) is 0 Å². The topological polar surface area (TPSA) is 58.2 Å². The minimum absolute atomic E-state index is 0.0466. The van der Waals surface area contributed by atoms with Gasteiger partial charge in [-0.3, -0.25) is 9.59 Å². The van der Waals surface area contributed by atoms with Gasteiger partial charge in [0, 0.05) is 12.6 Å². The lowest BCUT2D eigenvalue weighted by Crippen LogP contribution is -2.44. The number of rotatable bonds is 8. The lowest BCUT2D eigenvalue weighted by Gasteiger charge is -2.16. The maximum Gasteiger partial charge on any atom is 0.309 e. The maximum absolute atomic E-state index is 11.6. The molecule has 18 heavy (non-hydrogen) atoms. The van der Waals surface area contributed by atoms with Gasteiger partial charge in [-0.1, -0.05) is 40.0 Å². The summed E-state index contributed by atoms with van der Waals surface area (Å²) in [7, 11) is 0. The molecule has 0 rings (SSSR count). The molecule has 0 spiro atoms. The van der Waals surface area contributed by atoms with Crippen LogP contribution in [0.4, 0.5) is 0 Å². The molecule has 0 bridgehead atoms. The zero-order valence-electron chi connectivity index (χ0n) is 12.2. The van der Waals surface area contributed by atoms with E-state index < -0.39 is 11.8 Å². The van der Waals surface area contributed by atoms with Crippen LogP contribution in [-0.4, -0.2) is 24.4 Å². The highest BCUT2D eigenvalue weighted by molar-refractivity contribution is 6.35. The number of hydrogen-bond acceptors (Lipinski definition) is 2. The fourth-order valence-corrected chi connectivity index (χ4v) is 1.65. The Hall–Kier alpha value is -1.06. The van der Waals surface area contributed by atoms with E-state index in [4.69, 9.17) is 0 Å². The van der Waals surface area contributed by atoms with Gasteiger partial charge in [-0.15, -0.1) is 0 Å². The molecule has 2 atom stereocenters. The molecule has 4 nitrogen and oxygen atoms in total. The molecular weight excluding hydrogens is 228 g/mol. The molecule has 0 heterocycles. The van der Waals surface area contributed by atoms with Crippen LogP contribution in [0.2, 0.25) is 0 Å². The molecule has 0 fully saturated rings. The second-order valence-electron chi connectivity index (χ2n) is 4.91. The molecule has 0 aliphatic heterocycles. The van der Waals surface area contributed by atoms with Crippen LogP contribution in [0.5, 0.6) is 0 Å². The van der Waals surface area contributed by atoms with Gasteiger partial charge < -0.3 is 10.6 Å². The second kappa shape index (κ2) is 9.92. The molecule has 0 aromatic carbocycles. The van der Waals surface area contributed by atoms with Crippen molar-refractivity contribution in [2.45, 2.75) is 65.8 Å². The zero-order valence-corrected chi connectivity index (χ0v) is 12.2. The van der Waals surface area contributed by atoms with Gasteiger partial charge in [-0.05, 0) is 25.7 Å². The molecule has 0 aliphatic carbocycles. The molecule has 0 unspecified atom stereocenters. The minimum Gasteiger partial charge on any atom is -0.348 e. The predicted molar refractivity (Wildman–Crippen MR) is 74.2 cm³/mol. The summed E-state index contributed by atoms with van der Waals surface area (Å²) in [6.45, 7) is 8.74. The molecule has 2 N–H and O–H groups in total. The smallest absolute Gasteiger partial charge is 0.309 e. The summed E-state index contributed by atoms with van der Waals surface area (Å²) in [4.78, 5) is 23.1. The first kappa shape index (κ1) is 16.9. The third kappa shape index (κ3) is 7.30. The Balaban J connectivity index is 3.95. The van der Waals surface area contributed by atoms with Crippen molar-refractivity contribution in [2.75, 3.05) is 6.54 Å². The van der Waals surface area contributed by atoms with Crippen molar-refractivity contribution < 1.29 is 9.59 Å². The van der Waals surface area contributed by atoms with Crippen LogP contribution in [0.15, 0.2) is 0 Å². The lowest BCUT2D eigenvalue weighted by molar-refractivity contribution is -0.139. The highest BCUT2D eigenvalue weighted by Gasteiger charge is 2.16. The molecule has 0 aliphatic rings. The van der Waals surface area contributed by atoms with Gasteiger partial charge in [0.2, 0.25) is 0 Å². The van der Waals surface area contributed by atoms with Crippen LogP contribution in [0.25, 0.3) is 0 Å². The van der Waals surface area contributed by atoms with E-state index in [9.17, 15) is 9.59 Å². The molecule has 0 radical (unpaired) electrons. The first-order valence-electron chi connectivity index (χ1n) is 7.13. The largest absolute Gasteiger partial charge is 0.348 e. The summed E-state index contributed by atoms with van der Waals surface area (Å²) >= 11 is 0. The highest BCUT2D eigenvalue weighted by Crippen LogP contribution is 2.10. The number of amides is 2. The van der Waals surface area contributed by atoms with E-state index >= 15 is 0 Å². The minimum atomic E-state index is -0.519. The normalized spacial score (nSPS) is 13.8. The van der Waals surface area contributed by atoms with Crippen molar-refractivity contribution >= 4 is 11.8 Å². The average Bonchev–Trinajstić information content (AvgIpc) is 2.38. The van der Waals surface area contributed by atoms with E-state index in [2.05, 4.69) is 24.5 Å². The van der Waals surface area contributed by atoms with Crippen LogP contribution in [0.1, 0.15) is 59.8 Å². The maximum atomic E-state index is 11.6. The standard InChI is InChI=1S/C14H28N2O2/c1-5-8-9-12(7-3)10-15-13(17)14(18)16-11(4)6-2/h11-12H,5-10H2,1-4H3,(H,15,17)(H,16,18)/t11-,12+/m1/s1. The summed E-state index contributed by atoms with van der Waals surface area (Å²) in [5.41, 5.74) is 0. The van der Waals surface area contributed by atoms with E-state index in [1.54, 1.807) is 0 Å². The highest BCUT2D eigenvalue weighted by atomic mass is 16.2. The number of nitrogens with one attached hydrogen (secondary N) is 2.